The summed E-state index contributed by atoms with van der Waals surface area (Å²) in [6, 6.07) is 0. The van der Waals surface area contributed by atoms with Crippen LogP contribution in [0.1, 0.15) is 26.7 Å². The number of halogens is 1. The van der Waals surface area contributed by atoms with Crippen LogP contribution in [0, 0.1) is 11.8 Å². The standard InChI is InChI=1S/C10H18BrNO/c1-8(2)10(13)12-6-4-9(7-12)3-5-11/h8-9H,3-7H2,1-2H3. The lowest BCUT2D eigenvalue weighted by Crippen LogP contribution is -2.32. The second-order valence-corrected chi connectivity index (χ2v) is 4.86. The van der Waals surface area contributed by atoms with Crippen molar-refractivity contribution in [3.05, 3.63) is 0 Å². The third-order valence-electron chi connectivity index (χ3n) is 2.61. The van der Waals surface area contributed by atoms with Gasteiger partial charge in [-0.05, 0) is 18.8 Å². The van der Waals surface area contributed by atoms with Crippen molar-refractivity contribution in [2.45, 2.75) is 26.7 Å². The lowest BCUT2D eigenvalue weighted by molar-refractivity contribution is -0.133. The van der Waals surface area contributed by atoms with Crippen LogP contribution in [0.15, 0.2) is 0 Å². The molecule has 1 saturated heterocycles. The van der Waals surface area contributed by atoms with E-state index in [4.69, 9.17) is 0 Å². The van der Waals surface area contributed by atoms with Gasteiger partial charge in [0.25, 0.3) is 0 Å². The third-order valence-corrected chi connectivity index (χ3v) is 3.07. The van der Waals surface area contributed by atoms with Crippen molar-refractivity contribution in [2.75, 3.05) is 18.4 Å². The molecule has 0 saturated carbocycles. The molecule has 1 aliphatic heterocycles. The van der Waals surface area contributed by atoms with Gasteiger partial charge < -0.3 is 4.90 Å². The van der Waals surface area contributed by atoms with E-state index >= 15 is 0 Å². The van der Waals surface area contributed by atoms with E-state index in [9.17, 15) is 4.79 Å². The predicted molar refractivity (Wildman–Crippen MR) is 57.9 cm³/mol. The maximum atomic E-state index is 11.6. The van der Waals surface area contributed by atoms with Crippen LogP contribution in [0.4, 0.5) is 0 Å². The first-order valence-electron chi connectivity index (χ1n) is 5.00. The Bertz CT molecular complexity index is 182. The zero-order valence-corrected chi connectivity index (χ0v) is 10.0. The maximum absolute atomic E-state index is 11.6. The van der Waals surface area contributed by atoms with E-state index in [2.05, 4.69) is 15.9 Å². The van der Waals surface area contributed by atoms with Crippen molar-refractivity contribution in [3.8, 4) is 0 Å². The van der Waals surface area contributed by atoms with Gasteiger partial charge in [-0.3, -0.25) is 4.79 Å². The first kappa shape index (κ1) is 11.0. The number of amides is 1. The van der Waals surface area contributed by atoms with Gasteiger partial charge in [-0.1, -0.05) is 29.8 Å². The van der Waals surface area contributed by atoms with Crippen LogP contribution in [0.25, 0.3) is 0 Å². The van der Waals surface area contributed by atoms with Gasteiger partial charge in [0, 0.05) is 24.3 Å². The van der Waals surface area contributed by atoms with E-state index in [1.54, 1.807) is 0 Å². The number of rotatable bonds is 3. The average Bonchev–Trinajstić information content (AvgIpc) is 2.52. The first-order valence-corrected chi connectivity index (χ1v) is 6.12. The zero-order valence-electron chi connectivity index (χ0n) is 8.42. The Kier molecular flexibility index (Phi) is 4.23. The van der Waals surface area contributed by atoms with Crippen molar-refractivity contribution in [3.63, 3.8) is 0 Å². The summed E-state index contributed by atoms with van der Waals surface area (Å²) in [6.45, 7) is 5.89. The van der Waals surface area contributed by atoms with Gasteiger partial charge in [-0.25, -0.2) is 0 Å². The summed E-state index contributed by atoms with van der Waals surface area (Å²) in [4.78, 5) is 13.6. The lowest BCUT2D eigenvalue weighted by Gasteiger charge is -2.18. The van der Waals surface area contributed by atoms with Crippen LogP contribution in [-0.4, -0.2) is 29.2 Å². The minimum Gasteiger partial charge on any atom is -0.342 e. The molecule has 0 radical (unpaired) electrons. The number of hydrogen-bond donors (Lipinski definition) is 0. The molecule has 1 unspecified atom stereocenters. The Morgan fingerprint density at radius 1 is 1.62 bits per heavy atom. The van der Waals surface area contributed by atoms with Crippen LogP contribution in [-0.2, 0) is 4.79 Å². The number of carbonyl (C=O) groups is 1. The predicted octanol–water partition coefficient (Wildman–Crippen LogP) is 2.28. The van der Waals surface area contributed by atoms with E-state index in [0.29, 0.717) is 5.91 Å². The molecule has 0 aromatic heterocycles. The molecular formula is C10H18BrNO. The summed E-state index contributed by atoms with van der Waals surface area (Å²) in [7, 11) is 0. The van der Waals surface area contributed by atoms with E-state index in [1.807, 2.05) is 18.7 Å². The largest absolute Gasteiger partial charge is 0.342 e. The molecule has 0 aliphatic carbocycles. The highest BCUT2D eigenvalue weighted by molar-refractivity contribution is 9.09. The number of carbonyl (C=O) groups excluding carboxylic acids is 1. The number of likely N-dealkylation sites (tertiary alicyclic amines) is 1. The van der Waals surface area contributed by atoms with E-state index < -0.39 is 0 Å². The molecule has 1 amide bonds. The summed E-state index contributed by atoms with van der Waals surface area (Å²) < 4.78 is 0. The van der Waals surface area contributed by atoms with Crippen LogP contribution in [0.5, 0.6) is 0 Å². The SMILES string of the molecule is CC(C)C(=O)N1CCC(CCBr)C1. The van der Waals surface area contributed by atoms with Gasteiger partial charge in [0.15, 0.2) is 0 Å². The number of nitrogens with zero attached hydrogens (tertiary/aromatic N) is 1. The molecule has 0 spiro atoms. The molecule has 2 nitrogen and oxygen atoms in total. The Balaban J connectivity index is 2.36. The summed E-state index contributed by atoms with van der Waals surface area (Å²) in [5.74, 6) is 1.20. The molecule has 13 heavy (non-hydrogen) atoms. The average molecular weight is 248 g/mol. The van der Waals surface area contributed by atoms with Gasteiger partial charge in [0.1, 0.15) is 0 Å². The van der Waals surface area contributed by atoms with E-state index in [-0.39, 0.29) is 5.92 Å². The molecule has 0 bridgehead atoms. The van der Waals surface area contributed by atoms with Crippen molar-refractivity contribution < 1.29 is 4.79 Å². The molecule has 0 aromatic carbocycles. The Morgan fingerprint density at radius 3 is 2.85 bits per heavy atom. The summed E-state index contributed by atoms with van der Waals surface area (Å²) in [5.41, 5.74) is 0. The highest BCUT2D eigenvalue weighted by Gasteiger charge is 2.26. The first-order chi connectivity index (χ1) is 6.15. The second-order valence-electron chi connectivity index (χ2n) is 4.07. The van der Waals surface area contributed by atoms with Gasteiger partial charge in [-0.2, -0.15) is 0 Å². The third kappa shape index (κ3) is 2.97. The van der Waals surface area contributed by atoms with Gasteiger partial charge in [0.05, 0.1) is 0 Å². The molecule has 1 atom stereocenters. The summed E-state index contributed by atoms with van der Waals surface area (Å²) in [6.07, 6.45) is 2.38. The molecule has 0 aromatic rings. The second kappa shape index (κ2) is 4.99. The molecule has 0 N–H and O–H groups in total. The van der Waals surface area contributed by atoms with E-state index in [0.717, 1.165) is 24.3 Å². The summed E-state index contributed by atoms with van der Waals surface area (Å²) in [5, 5.41) is 1.06. The van der Waals surface area contributed by atoms with Crippen molar-refractivity contribution in [1.82, 2.24) is 4.90 Å². The molecule has 1 fully saturated rings. The lowest BCUT2D eigenvalue weighted by atomic mass is 10.1. The van der Waals surface area contributed by atoms with Crippen molar-refractivity contribution in [1.29, 1.82) is 0 Å². The van der Waals surface area contributed by atoms with Crippen LogP contribution < -0.4 is 0 Å². The van der Waals surface area contributed by atoms with E-state index in [1.165, 1.54) is 12.8 Å². The Hall–Kier alpha value is -0.0500. The quantitative estimate of drug-likeness (QED) is 0.701. The Morgan fingerprint density at radius 2 is 2.31 bits per heavy atom. The van der Waals surface area contributed by atoms with Crippen LogP contribution in [0.3, 0.4) is 0 Å². The van der Waals surface area contributed by atoms with Crippen molar-refractivity contribution >= 4 is 21.8 Å². The monoisotopic (exact) mass is 247 g/mol. The topological polar surface area (TPSA) is 20.3 Å². The fourth-order valence-electron chi connectivity index (χ4n) is 1.79. The van der Waals surface area contributed by atoms with Gasteiger partial charge in [-0.15, -0.1) is 0 Å². The van der Waals surface area contributed by atoms with Crippen LogP contribution in [0.2, 0.25) is 0 Å². The molecule has 1 heterocycles. The highest BCUT2D eigenvalue weighted by Crippen LogP contribution is 2.21. The van der Waals surface area contributed by atoms with Gasteiger partial charge in [0.2, 0.25) is 5.91 Å². The van der Waals surface area contributed by atoms with Crippen molar-refractivity contribution in [2.24, 2.45) is 11.8 Å². The molecular weight excluding hydrogens is 230 g/mol. The fourth-order valence-corrected chi connectivity index (χ4v) is 2.44. The van der Waals surface area contributed by atoms with Crippen LogP contribution >= 0.6 is 15.9 Å². The maximum Gasteiger partial charge on any atom is 0.225 e. The normalized spacial score (nSPS) is 22.8. The molecule has 1 rings (SSSR count). The van der Waals surface area contributed by atoms with Gasteiger partial charge >= 0.3 is 0 Å². The number of alkyl halides is 1. The Labute approximate surface area is 88.8 Å². The molecule has 3 heteroatoms. The molecule has 76 valence electrons. The smallest absolute Gasteiger partial charge is 0.225 e. The minimum atomic E-state index is 0.155. The number of hydrogen-bond acceptors (Lipinski definition) is 1. The fraction of sp³-hybridized carbons (Fsp3) is 0.900. The molecule has 1 aliphatic rings. The highest BCUT2D eigenvalue weighted by atomic mass is 79.9. The summed E-state index contributed by atoms with van der Waals surface area (Å²) >= 11 is 3.44. The minimum absolute atomic E-state index is 0.155. The zero-order chi connectivity index (χ0) is 9.84.